The Morgan fingerprint density at radius 3 is 2.48 bits per heavy atom. The predicted molar refractivity (Wildman–Crippen MR) is 102 cm³/mol. The number of nitrogens with one attached hydrogen (secondary N) is 1. The highest BCUT2D eigenvalue weighted by atomic mass is 35.5. The molecule has 0 unspecified atom stereocenters. The lowest BCUT2D eigenvalue weighted by Gasteiger charge is -2.36. The zero-order valence-electron chi connectivity index (χ0n) is 14.7. The molecule has 2 aromatic carbocycles. The molecule has 2 fully saturated rings. The highest BCUT2D eigenvalue weighted by molar-refractivity contribution is 6.33. The number of carbonyl (C=O) groups excluding carboxylic acids is 2. The van der Waals surface area contributed by atoms with Gasteiger partial charge in [0.15, 0.2) is 6.04 Å². The first-order valence-corrected chi connectivity index (χ1v) is 9.39. The van der Waals surface area contributed by atoms with Gasteiger partial charge in [0.25, 0.3) is 5.91 Å². The van der Waals surface area contributed by atoms with Gasteiger partial charge in [0.1, 0.15) is 5.82 Å². The number of piperazine rings is 1. The maximum absolute atomic E-state index is 13.5. The predicted octanol–water partition coefficient (Wildman–Crippen LogP) is 1.52. The second kappa shape index (κ2) is 7.29. The molecule has 27 heavy (non-hydrogen) atoms. The Kier molecular flexibility index (Phi) is 4.85. The largest absolute Gasteiger partial charge is 0.359 e. The van der Waals surface area contributed by atoms with E-state index in [-0.39, 0.29) is 18.2 Å². The molecule has 140 valence electrons. The van der Waals surface area contributed by atoms with Gasteiger partial charge in [-0.05, 0) is 30.3 Å². The van der Waals surface area contributed by atoms with Gasteiger partial charge in [0.2, 0.25) is 5.91 Å². The Bertz CT molecular complexity index is 883. The van der Waals surface area contributed by atoms with E-state index < -0.39 is 11.9 Å². The Balaban J connectivity index is 1.45. The summed E-state index contributed by atoms with van der Waals surface area (Å²) in [4.78, 5) is 29.7. The van der Waals surface area contributed by atoms with E-state index in [1.165, 1.54) is 18.2 Å². The standard InChI is InChI=1S/C20H19ClFN3O2/c21-16-6-1-2-7-17(16)23-8-10-24(11-9-23)18-13-19(26)25(20(18)27)15-5-3-4-14(22)12-15/h1-7,12,18H,8-11,13H2/p+1/t18-/m0/s1. The van der Waals surface area contributed by atoms with Crippen molar-refractivity contribution in [2.24, 2.45) is 0 Å². The van der Waals surface area contributed by atoms with Gasteiger partial charge in [0, 0.05) is 0 Å². The third-order valence-electron chi connectivity index (χ3n) is 5.30. The van der Waals surface area contributed by atoms with E-state index in [1.54, 1.807) is 6.07 Å². The number of nitrogens with zero attached hydrogens (tertiary/aromatic N) is 2. The fraction of sp³-hybridized carbons (Fsp3) is 0.300. The average Bonchev–Trinajstić information content (AvgIpc) is 2.96. The van der Waals surface area contributed by atoms with Crippen LogP contribution in [0.1, 0.15) is 6.42 Å². The van der Waals surface area contributed by atoms with Crippen molar-refractivity contribution in [3.05, 3.63) is 59.4 Å². The lowest BCUT2D eigenvalue weighted by Crippen LogP contribution is -3.19. The van der Waals surface area contributed by atoms with E-state index in [0.29, 0.717) is 10.7 Å². The minimum absolute atomic E-state index is 0.163. The molecule has 0 bridgehead atoms. The summed E-state index contributed by atoms with van der Waals surface area (Å²) in [5.41, 5.74) is 1.30. The fourth-order valence-electron chi connectivity index (χ4n) is 3.93. The lowest BCUT2D eigenvalue weighted by molar-refractivity contribution is -0.915. The Hall–Kier alpha value is -2.44. The molecule has 0 radical (unpaired) electrons. The van der Waals surface area contributed by atoms with Gasteiger partial charge in [-0.15, -0.1) is 0 Å². The summed E-state index contributed by atoms with van der Waals surface area (Å²) in [6.45, 7) is 3.01. The van der Waals surface area contributed by atoms with Crippen LogP contribution in [0.15, 0.2) is 48.5 Å². The van der Waals surface area contributed by atoms with Crippen molar-refractivity contribution in [3.63, 3.8) is 0 Å². The second-order valence-electron chi connectivity index (χ2n) is 6.90. The quantitative estimate of drug-likeness (QED) is 0.811. The monoisotopic (exact) mass is 388 g/mol. The summed E-state index contributed by atoms with van der Waals surface area (Å²) in [6, 6.07) is 12.9. The lowest BCUT2D eigenvalue weighted by atomic mass is 10.1. The first kappa shape index (κ1) is 17.9. The molecular weight excluding hydrogens is 369 g/mol. The molecule has 0 aromatic heterocycles. The number of imide groups is 1. The van der Waals surface area contributed by atoms with Crippen molar-refractivity contribution in [2.45, 2.75) is 12.5 Å². The van der Waals surface area contributed by atoms with Crippen LogP contribution in [0.5, 0.6) is 0 Å². The zero-order valence-corrected chi connectivity index (χ0v) is 15.5. The summed E-state index contributed by atoms with van der Waals surface area (Å²) < 4.78 is 13.5. The molecule has 2 saturated heterocycles. The molecule has 2 aliphatic heterocycles. The maximum atomic E-state index is 13.5. The molecule has 2 aromatic rings. The van der Waals surface area contributed by atoms with Gasteiger partial charge in [-0.1, -0.05) is 29.8 Å². The van der Waals surface area contributed by atoms with Crippen molar-refractivity contribution >= 4 is 34.8 Å². The number of carbonyl (C=O) groups is 2. The minimum Gasteiger partial charge on any atom is -0.359 e. The van der Waals surface area contributed by atoms with Crippen molar-refractivity contribution < 1.29 is 18.9 Å². The number of para-hydroxylation sites is 1. The maximum Gasteiger partial charge on any atom is 0.292 e. The van der Waals surface area contributed by atoms with Crippen LogP contribution in [0.2, 0.25) is 5.02 Å². The molecule has 2 heterocycles. The van der Waals surface area contributed by atoms with Crippen LogP contribution in [-0.2, 0) is 9.59 Å². The summed E-state index contributed by atoms with van der Waals surface area (Å²) in [6.07, 6.45) is 0.163. The third-order valence-corrected chi connectivity index (χ3v) is 5.62. The number of amides is 2. The van der Waals surface area contributed by atoms with Crippen molar-refractivity contribution in [1.29, 1.82) is 0 Å². The summed E-state index contributed by atoms with van der Waals surface area (Å²) >= 11 is 6.28. The van der Waals surface area contributed by atoms with Gasteiger partial charge in [0.05, 0.1) is 49.0 Å². The van der Waals surface area contributed by atoms with E-state index in [2.05, 4.69) is 4.90 Å². The summed E-state index contributed by atoms with van der Waals surface area (Å²) in [5.74, 6) is -0.972. The number of rotatable bonds is 3. The van der Waals surface area contributed by atoms with E-state index in [4.69, 9.17) is 11.6 Å². The molecule has 0 spiro atoms. The van der Waals surface area contributed by atoms with E-state index in [9.17, 15) is 14.0 Å². The van der Waals surface area contributed by atoms with E-state index >= 15 is 0 Å². The average molecular weight is 389 g/mol. The van der Waals surface area contributed by atoms with Crippen molar-refractivity contribution in [2.75, 3.05) is 36.0 Å². The minimum atomic E-state index is -0.461. The number of hydrogen-bond acceptors (Lipinski definition) is 3. The molecule has 0 aliphatic carbocycles. The molecule has 5 nitrogen and oxygen atoms in total. The Morgan fingerprint density at radius 1 is 1.04 bits per heavy atom. The molecule has 0 saturated carbocycles. The first-order valence-electron chi connectivity index (χ1n) is 9.01. The van der Waals surface area contributed by atoms with Gasteiger partial charge < -0.3 is 9.80 Å². The molecule has 2 amide bonds. The van der Waals surface area contributed by atoms with Crippen LogP contribution < -0.4 is 14.7 Å². The van der Waals surface area contributed by atoms with Crippen LogP contribution in [0.25, 0.3) is 0 Å². The Labute approximate surface area is 161 Å². The third kappa shape index (κ3) is 3.42. The van der Waals surface area contributed by atoms with Gasteiger partial charge in [-0.3, -0.25) is 9.59 Å². The van der Waals surface area contributed by atoms with Crippen LogP contribution in [0.3, 0.4) is 0 Å². The molecule has 1 N–H and O–H groups in total. The van der Waals surface area contributed by atoms with Crippen LogP contribution in [-0.4, -0.2) is 44.0 Å². The van der Waals surface area contributed by atoms with Gasteiger partial charge >= 0.3 is 0 Å². The summed E-state index contributed by atoms with van der Waals surface area (Å²) in [7, 11) is 0. The van der Waals surface area contributed by atoms with E-state index in [1.807, 2.05) is 24.3 Å². The number of halogens is 2. The van der Waals surface area contributed by atoms with Crippen LogP contribution in [0.4, 0.5) is 15.8 Å². The van der Waals surface area contributed by atoms with E-state index in [0.717, 1.165) is 41.7 Å². The van der Waals surface area contributed by atoms with Gasteiger partial charge in [-0.25, -0.2) is 9.29 Å². The molecule has 2 aliphatic rings. The number of quaternary nitrogens is 1. The topological polar surface area (TPSA) is 45.1 Å². The number of hydrogen-bond donors (Lipinski definition) is 1. The Morgan fingerprint density at radius 2 is 1.78 bits per heavy atom. The van der Waals surface area contributed by atoms with Crippen LogP contribution >= 0.6 is 11.6 Å². The van der Waals surface area contributed by atoms with Gasteiger partial charge in [-0.2, -0.15) is 0 Å². The normalized spacial score (nSPS) is 21.2. The second-order valence-corrected chi connectivity index (χ2v) is 7.31. The fourth-order valence-corrected chi connectivity index (χ4v) is 4.18. The highest BCUT2D eigenvalue weighted by Crippen LogP contribution is 2.26. The highest BCUT2D eigenvalue weighted by Gasteiger charge is 2.46. The number of anilines is 2. The van der Waals surface area contributed by atoms with Crippen LogP contribution in [0, 0.1) is 5.82 Å². The number of benzene rings is 2. The molecule has 4 rings (SSSR count). The first-order chi connectivity index (χ1) is 13.0. The smallest absolute Gasteiger partial charge is 0.292 e. The summed E-state index contributed by atoms with van der Waals surface area (Å²) in [5, 5.41) is 0.713. The zero-order chi connectivity index (χ0) is 19.0. The molecule has 1 atom stereocenters. The van der Waals surface area contributed by atoms with Crippen molar-refractivity contribution in [3.8, 4) is 0 Å². The SMILES string of the molecule is O=C1C[C@H]([NH+]2CCN(c3ccccc3Cl)CC2)C(=O)N1c1cccc(F)c1. The molecule has 7 heteroatoms. The van der Waals surface area contributed by atoms with Crippen molar-refractivity contribution in [1.82, 2.24) is 0 Å². The molecular formula is C20H20ClFN3O2+.